The van der Waals surface area contributed by atoms with Crippen LogP contribution in [0.3, 0.4) is 0 Å². The van der Waals surface area contributed by atoms with Crippen LogP contribution >= 0.6 is 0 Å². The fourth-order valence-electron chi connectivity index (χ4n) is 4.38. The van der Waals surface area contributed by atoms with E-state index in [0.29, 0.717) is 11.3 Å². The summed E-state index contributed by atoms with van der Waals surface area (Å²) in [4.78, 5) is 56.9. The highest BCUT2D eigenvalue weighted by atomic mass is 16.5. The van der Waals surface area contributed by atoms with E-state index in [0.717, 1.165) is 12.8 Å². The highest BCUT2D eigenvalue weighted by Gasteiger charge is 2.31. The number of para-hydroxylation sites is 1. The molecule has 0 bridgehead atoms. The number of aromatic nitrogens is 4. The number of amides is 4. The van der Waals surface area contributed by atoms with Crippen molar-refractivity contribution in [3.63, 3.8) is 0 Å². The fraction of sp³-hybridized carbons (Fsp3) is 0.370. The molecular weight excluding hydrogens is 560 g/mol. The highest BCUT2D eigenvalue weighted by Crippen LogP contribution is 2.38. The predicted molar refractivity (Wildman–Crippen MR) is 149 cm³/mol. The molecule has 5 rings (SSSR count). The number of hydrogen-bond donors (Lipinski definition) is 3. The van der Waals surface area contributed by atoms with Crippen LogP contribution in [0.4, 0.5) is 17.2 Å². The van der Waals surface area contributed by atoms with Gasteiger partial charge in [0.25, 0.3) is 11.8 Å². The van der Waals surface area contributed by atoms with Crippen molar-refractivity contribution >= 4 is 40.8 Å². The third-order valence-electron chi connectivity index (χ3n) is 6.74. The Kier molecular flexibility index (Phi) is 7.32. The van der Waals surface area contributed by atoms with Crippen molar-refractivity contribution < 1.29 is 32.6 Å². The van der Waals surface area contributed by atoms with Crippen molar-refractivity contribution in [3.8, 4) is 23.3 Å². The van der Waals surface area contributed by atoms with Gasteiger partial charge in [-0.25, -0.2) is 0 Å². The van der Waals surface area contributed by atoms with E-state index in [9.17, 15) is 19.2 Å². The van der Waals surface area contributed by atoms with Gasteiger partial charge in [-0.15, -0.1) is 10.2 Å². The van der Waals surface area contributed by atoms with Crippen LogP contribution in [0.25, 0.3) is 11.5 Å². The summed E-state index contributed by atoms with van der Waals surface area (Å²) in [6.07, 6.45) is 1.20. The van der Waals surface area contributed by atoms with E-state index in [-0.39, 0.29) is 85.0 Å². The van der Waals surface area contributed by atoms with Gasteiger partial charge in [0.2, 0.25) is 17.7 Å². The molecule has 16 heteroatoms. The number of benzene rings is 1. The summed E-state index contributed by atoms with van der Waals surface area (Å²) in [5.74, 6) is -1.65. The number of methoxy groups -OCH3 is 1. The number of hydrogen-bond acceptors (Lipinski definition) is 12. The average molecular weight is 592 g/mol. The Morgan fingerprint density at radius 1 is 1.23 bits per heavy atom. The summed E-state index contributed by atoms with van der Waals surface area (Å²) in [6, 6.07) is 8.02. The lowest BCUT2D eigenvalue weighted by molar-refractivity contribution is -0.145. The minimum Gasteiger partial charge on any atom is -0.494 e. The molecule has 1 aliphatic heterocycles. The van der Waals surface area contributed by atoms with E-state index < -0.39 is 18.8 Å². The second kappa shape index (κ2) is 12.5. The molecule has 16 nitrogen and oxygen atoms in total. The van der Waals surface area contributed by atoms with Crippen molar-refractivity contribution in [2.75, 3.05) is 44.4 Å². The van der Waals surface area contributed by atoms with Crippen LogP contribution in [0.15, 0.2) is 28.8 Å². The first-order chi connectivity index (χ1) is 22.0. The minimum absolute atomic E-state index is 0.0167. The van der Waals surface area contributed by atoms with Gasteiger partial charge >= 0.3 is 0 Å². The molecule has 1 aromatic carbocycles. The molecule has 1 saturated heterocycles. The van der Waals surface area contributed by atoms with Crippen molar-refractivity contribution in [1.29, 1.82) is 5.26 Å². The number of rotatable bonds is 10. The van der Waals surface area contributed by atoms with Gasteiger partial charge < -0.3 is 35.0 Å². The van der Waals surface area contributed by atoms with Crippen LogP contribution in [0, 0.1) is 17.2 Å². The lowest BCUT2D eigenvalue weighted by Crippen LogP contribution is -2.51. The zero-order valence-corrected chi connectivity index (χ0v) is 22.9. The Bertz CT molecular complexity index is 1720. The Morgan fingerprint density at radius 2 is 2.07 bits per heavy atom. The van der Waals surface area contributed by atoms with E-state index in [4.69, 9.17) is 18.6 Å². The number of nitrogens with one attached hydrogen (secondary N) is 3. The standard InChI is InChI=1S/C27H28N10O6/c1-29-26(41)23-18(12-19(33-34-23)31-25(40)15-6-7-15)30-17-5-3-4-16(24(17)42-2)27-32-20(35-43-27)13-36-10-11-37(14-22(36)39)21(38)8-9-28/h3-5,12,15H,6-8,10-11,13-14H2,1-2H3,(H,29,41)(H2,30,31,33,40)/i1D3. The third kappa shape index (κ3) is 6.50. The molecule has 2 aliphatic rings. The molecule has 1 saturated carbocycles. The summed E-state index contributed by atoms with van der Waals surface area (Å²) in [5.41, 5.74) is 0.313. The first-order valence-electron chi connectivity index (χ1n) is 14.7. The van der Waals surface area contributed by atoms with Crippen LogP contribution in [0.5, 0.6) is 5.75 Å². The molecular formula is C27H28N10O6. The topological polar surface area (TPSA) is 209 Å². The van der Waals surface area contributed by atoms with Gasteiger partial charge in [-0.05, 0) is 25.0 Å². The van der Waals surface area contributed by atoms with Gasteiger partial charge in [0.15, 0.2) is 23.1 Å². The van der Waals surface area contributed by atoms with E-state index in [1.807, 2.05) is 5.32 Å². The molecule has 2 fully saturated rings. The zero-order valence-electron chi connectivity index (χ0n) is 25.9. The normalized spacial score (nSPS) is 15.9. The maximum Gasteiger partial charge on any atom is 0.273 e. The summed E-state index contributed by atoms with van der Waals surface area (Å²) >= 11 is 0. The zero-order chi connectivity index (χ0) is 33.0. The summed E-state index contributed by atoms with van der Waals surface area (Å²) in [6.45, 7) is -2.45. The first kappa shape index (κ1) is 25.1. The highest BCUT2D eigenvalue weighted by molar-refractivity contribution is 6.00. The molecule has 222 valence electrons. The average Bonchev–Trinajstić information content (AvgIpc) is 3.76. The van der Waals surface area contributed by atoms with Gasteiger partial charge in [0.05, 0.1) is 43.2 Å². The smallest absolute Gasteiger partial charge is 0.273 e. The Morgan fingerprint density at radius 3 is 2.79 bits per heavy atom. The Hall–Kier alpha value is -5.59. The number of piperazine rings is 1. The minimum atomic E-state index is -2.80. The molecule has 0 radical (unpaired) electrons. The van der Waals surface area contributed by atoms with E-state index >= 15 is 0 Å². The van der Waals surface area contributed by atoms with E-state index in [1.54, 1.807) is 24.3 Å². The molecule has 3 heterocycles. The molecule has 43 heavy (non-hydrogen) atoms. The first-order valence-corrected chi connectivity index (χ1v) is 13.2. The lowest BCUT2D eigenvalue weighted by Gasteiger charge is -2.33. The molecule has 0 atom stereocenters. The number of ether oxygens (including phenoxy) is 1. The van der Waals surface area contributed by atoms with Crippen LogP contribution in [-0.4, -0.2) is 87.5 Å². The molecule has 1 aliphatic carbocycles. The molecule has 3 N–H and O–H groups in total. The quantitative estimate of drug-likeness (QED) is 0.302. The fourth-order valence-corrected chi connectivity index (χ4v) is 4.38. The maximum absolute atomic E-state index is 12.8. The Balaban J connectivity index is 1.37. The predicted octanol–water partition coefficient (Wildman–Crippen LogP) is 1.07. The molecule has 4 amide bonds. The van der Waals surface area contributed by atoms with Gasteiger partial charge in [-0.3, -0.25) is 19.2 Å². The SMILES string of the molecule is [2H]C([2H])([2H])NC(=O)c1nnc(NC(=O)C2CC2)cc1Nc1cccc(-c2nc(CN3CCN(C(=O)CC#N)CC3=O)no2)c1OC. The molecule has 3 aromatic rings. The van der Waals surface area contributed by atoms with Crippen LogP contribution in [0.2, 0.25) is 0 Å². The summed E-state index contributed by atoms with van der Waals surface area (Å²) in [5, 5.41) is 28.0. The van der Waals surface area contributed by atoms with Gasteiger partial charge in [-0.2, -0.15) is 10.2 Å². The van der Waals surface area contributed by atoms with E-state index in [1.165, 1.54) is 23.0 Å². The number of nitriles is 1. The van der Waals surface area contributed by atoms with Crippen molar-refractivity contribution in [1.82, 2.24) is 35.5 Å². The van der Waals surface area contributed by atoms with E-state index in [2.05, 4.69) is 31.0 Å². The molecule has 0 unspecified atom stereocenters. The molecule has 2 aromatic heterocycles. The van der Waals surface area contributed by atoms with Gasteiger partial charge in [0.1, 0.15) is 6.42 Å². The van der Waals surface area contributed by atoms with Crippen LogP contribution in [-0.2, 0) is 20.9 Å². The third-order valence-corrected chi connectivity index (χ3v) is 6.74. The van der Waals surface area contributed by atoms with Crippen LogP contribution < -0.4 is 20.7 Å². The number of nitrogens with zero attached hydrogens (tertiary/aromatic N) is 7. The van der Waals surface area contributed by atoms with Gasteiger partial charge in [0, 0.05) is 36.2 Å². The monoisotopic (exact) mass is 591 g/mol. The largest absolute Gasteiger partial charge is 0.494 e. The van der Waals surface area contributed by atoms with Gasteiger partial charge in [-0.1, -0.05) is 11.2 Å². The molecule has 0 spiro atoms. The van der Waals surface area contributed by atoms with Crippen molar-refractivity contribution in [2.24, 2.45) is 5.92 Å². The Labute approximate surface area is 249 Å². The second-order valence-electron chi connectivity index (χ2n) is 9.70. The number of anilines is 3. The van der Waals surface area contributed by atoms with Crippen molar-refractivity contribution in [3.05, 3.63) is 35.8 Å². The number of carbonyl (C=O) groups is 4. The maximum atomic E-state index is 12.8. The van der Waals surface area contributed by atoms with Crippen molar-refractivity contribution in [2.45, 2.75) is 25.8 Å². The van der Waals surface area contributed by atoms with Crippen LogP contribution in [0.1, 0.15) is 39.7 Å². The summed E-state index contributed by atoms with van der Waals surface area (Å²) in [7, 11) is 1.39. The second-order valence-corrected chi connectivity index (χ2v) is 9.70. The number of carbonyl (C=O) groups excluding carboxylic acids is 4. The lowest BCUT2D eigenvalue weighted by atomic mass is 10.1. The summed E-state index contributed by atoms with van der Waals surface area (Å²) < 4.78 is 33.3.